The van der Waals surface area contributed by atoms with Crippen LogP contribution in [0.4, 0.5) is 5.69 Å². The molecule has 3 aromatic rings. The second kappa shape index (κ2) is 6.77. The highest BCUT2D eigenvalue weighted by Gasteiger charge is 2.32. The summed E-state index contributed by atoms with van der Waals surface area (Å²) in [6.45, 7) is 4.18. The van der Waals surface area contributed by atoms with Gasteiger partial charge in [0.1, 0.15) is 0 Å². The van der Waals surface area contributed by atoms with Gasteiger partial charge in [-0.2, -0.15) is 0 Å². The number of carbonyl (C=O) groups is 1. The lowest BCUT2D eigenvalue weighted by Crippen LogP contribution is -2.34. The average molecular weight is 380 g/mol. The third-order valence-electron chi connectivity index (χ3n) is 5.79. The molecule has 2 aromatic carbocycles. The van der Waals surface area contributed by atoms with E-state index in [0.717, 1.165) is 52.6 Å². The molecule has 2 aliphatic heterocycles. The van der Waals surface area contributed by atoms with E-state index in [-0.39, 0.29) is 5.91 Å². The lowest BCUT2D eigenvalue weighted by atomic mass is 10.0. The molecule has 0 aliphatic carbocycles. The molecule has 27 heavy (non-hydrogen) atoms. The summed E-state index contributed by atoms with van der Waals surface area (Å²) in [5.74, 6) is 0.0783. The fourth-order valence-corrected chi connectivity index (χ4v) is 4.67. The average Bonchev–Trinajstić information content (AvgIpc) is 2.97. The van der Waals surface area contributed by atoms with Crippen molar-refractivity contribution in [3.05, 3.63) is 47.0 Å². The molecule has 3 heterocycles. The van der Waals surface area contributed by atoms with E-state index in [1.807, 2.05) is 41.3 Å². The molecule has 138 valence electrons. The number of carbonyl (C=O) groups excluding carboxylic acids is 1. The van der Waals surface area contributed by atoms with Gasteiger partial charge in [0.25, 0.3) is 5.91 Å². The smallest absolute Gasteiger partial charge is 0.259 e. The van der Waals surface area contributed by atoms with E-state index in [1.165, 1.54) is 32.4 Å². The van der Waals surface area contributed by atoms with Gasteiger partial charge in [-0.25, -0.2) is 4.98 Å². The van der Waals surface area contributed by atoms with E-state index in [9.17, 15) is 4.79 Å². The van der Waals surface area contributed by atoms with E-state index < -0.39 is 0 Å². The maximum atomic E-state index is 13.3. The number of pyridine rings is 1. The summed E-state index contributed by atoms with van der Waals surface area (Å²) >= 11 is 6.21. The van der Waals surface area contributed by atoms with Gasteiger partial charge in [0.05, 0.1) is 22.3 Å². The molecule has 0 unspecified atom stereocenters. The second-order valence-corrected chi connectivity index (χ2v) is 7.97. The molecule has 1 saturated heterocycles. The molecule has 1 fully saturated rings. The van der Waals surface area contributed by atoms with Gasteiger partial charge in [-0.05, 0) is 69.2 Å². The number of anilines is 1. The first-order valence-electron chi connectivity index (χ1n) is 9.78. The molecule has 5 rings (SSSR count). The van der Waals surface area contributed by atoms with Gasteiger partial charge in [0, 0.05) is 22.3 Å². The number of benzene rings is 2. The maximum Gasteiger partial charge on any atom is 0.259 e. The normalized spacial score (nSPS) is 17.4. The van der Waals surface area contributed by atoms with Gasteiger partial charge in [-0.3, -0.25) is 4.79 Å². The number of piperidine rings is 1. The molecule has 0 saturated carbocycles. The number of amides is 1. The van der Waals surface area contributed by atoms with Crippen molar-refractivity contribution in [1.29, 1.82) is 0 Å². The summed E-state index contributed by atoms with van der Waals surface area (Å²) in [5.41, 5.74) is 3.44. The lowest BCUT2D eigenvalue weighted by molar-refractivity contribution is 0.0993. The van der Waals surface area contributed by atoms with Crippen molar-refractivity contribution in [1.82, 2.24) is 9.88 Å². The van der Waals surface area contributed by atoms with Crippen molar-refractivity contribution in [3.8, 4) is 0 Å². The Morgan fingerprint density at radius 2 is 1.85 bits per heavy atom. The maximum absolute atomic E-state index is 13.3. The standard InChI is InChI=1S/C22H22ClN3O/c23-15-8-9-17-16(14-15)20-21-18(24-17)6-4-7-19(21)26(22(20)27)13-5-12-25-10-2-1-3-11-25/h4,6-9,14H,1-3,5,10-13H2. The lowest BCUT2D eigenvalue weighted by Gasteiger charge is -2.27. The minimum Gasteiger partial charge on any atom is -0.308 e. The van der Waals surface area contributed by atoms with Crippen molar-refractivity contribution < 1.29 is 4.79 Å². The summed E-state index contributed by atoms with van der Waals surface area (Å²) in [5, 5.41) is 2.45. The summed E-state index contributed by atoms with van der Waals surface area (Å²) < 4.78 is 0. The number of hydrogen-bond acceptors (Lipinski definition) is 3. The minimum atomic E-state index is 0.0783. The van der Waals surface area contributed by atoms with Gasteiger partial charge in [0.2, 0.25) is 0 Å². The Bertz CT molecular complexity index is 1040. The molecule has 0 atom stereocenters. The molecule has 4 nitrogen and oxygen atoms in total. The Kier molecular flexibility index (Phi) is 4.25. The van der Waals surface area contributed by atoms with Crippen LogP contribution in [0.2, 0.25) is 5.02 Å². The Hall–Kier alpha value is -2.17. The van der Waals surface area contributed by atoms with Crippen LogP contribution in [0.5, 0.6) is 0 Å². The number of likely N-dealkylation sites (tertiary alicyclic amines) is 1. The Morgan fingerprint density at radius 1 is 1.00 bits per heavy atom. The van der Waals surface area contributed by atoms with Crippen molar-refractivity contribution in [2.45, 2.75) is 25.7 Å². The third kappa shape index (κ3) is 2.88. The largest absolute Gasteiger partial charge is 0.308 e. The molecule has 0 N–H and O–H groups in total. The van der Waals surface area contributed by atoms with Crippen LogP contribution in [-0.4, -0.2) is 42.0 Å². The Morgan fingerprint density at radius 3 is 2.70 bits per heavy atom. The Balaban J connectivity index is 1.49. The summed E-state index contributed by atoms with van der Waals surface area (Å²) in [7, 11) is 0. The van der Waals surface area contributed by atoms with Crippen molar-refractivity contribution >= 4 is 45.0 Å². The number of fused-ring (bicyclic) bond motifs is 2. The Labute approximate surface area is 163 Å². The number of halogens is 1. The van der Waals surface area contributed by atoms with Crippen LogP contribution < -0.4 is 4.90 Å². The highest BCUT2D eigenvalue weighted by molar-refractivity contribution is 6.33. The van der Waals surface area contributed by atoms with E-state index in [2.05, 4.69) is 4.90 Å². The molecule has 1 aromatic heterocycles. The highest BCUT2D eigenvalue weighted by atomic mass is 35.5. The van der Waals surface area contributed by atoms with Gasteiger partial charge < -0.3 is 9.80 Å². The van der Waals surface area contributed by atoms with Gasteiger partial charge in [-0.15, -0.1) is 0 Å². The first kappa shape index (κ1) is 17.0. The predicted octanol–water partition coefficient (Wildman–Crippen LogP) is 4.88. The minimum absolute atomic E-state index is 0.0783. The highest BCUT2D eigenvalue weighted by Crippen LogP contribution is 2.40. The van der Waals surface area contributed by atoms with Crippen molar-refractivity contribution in [2.75, 3.05) is 31.1 Å². The van der Waals surface area contributed by atoms with E-state index in [0.29, 0.717) is 5.02 Å². The molecule has 0 spiro atoms. The SMILES string of the molecule is O=C1c2c3cc(Cl)ccc3nc3cccc(c23)N1CCCN1CCCCC1. The summed E-state index contributed by atoms with van der Waals surface area (Å²) in [6.07, 6.45) is 4.93. The van der Waals surface area contributed by atoms with Gasteiger partial charge in [-0.1, -0.05) is 24.1 Å². The van der Waals surface area contributed by atoms with Crippen LogP contribution in [0.15, 0.2) is 36.4 Å². The fraction of sp³-hybridized carbons (Fsp3) is 0.364. The van der Waals surface area contributed by atoms with Crippen LogP contribution >= 0.6 is 11.6 Å². The molecule has 0 bridgehead atoms. The number of nitrogens with zero attached hydrogens (tertiary/aromatic N) is 3. The van der Waals surface area contributed by atoms with Crippen LogP contribution in [0.1, 0.15) is 36.0 Å². The zero-order valence-electron chi connectivity index (χ0n) is 15.2. The molecular formula is C22H22ClN3O. The van der Waals surface area contributed by atoms with E-state index in [1.54, 1.807) is 0 Å². The monoisotopic (exact) mass is 379 g/mol. The number of hydrogen-bond donors (Lipinski definition) is 0. The quantitative estimate of drug-likeness (QED) is 0.606. The number of rotatable bonds is 4. The molecule has 1 amide bonds. The topological polar surface area (TPSA) is 36.4 Å². The molecule has 5 heteroatoms. The second-order valence-electron chi connectivity index (χ2n) is 7.53. The van der Waals surface area contributed by atoms with Crippen molar-refractivity contribution in [3.63, 3.8) is 0 Å². The zero-order chi connectivity index (χ0) is 18.4. The third-order valence-corrected chi connectivity index (χ3v) is 6.03. The predicted molar refractivity (Wildman–Crippen MR) is 111 cm³/mol. The van der Waals surface area contributed by atoms with Gasteiger partial charge in [0.15, 0.2) is 0 Å². The van der Waals surface area contributed by atoms with Crippen molar-refractivity contribution in [2.24, 2.45) is 0 Å². The number of aromatic nitrogens is 1. The molecular weight excluding hydrogens is 358 g/mol. The first-order chi connectivity index (χ1) is 13.2. The molecule has 0 radical (unpaired) electrons. The van der Waals surface area contributed by atoms with Gasteiger partial charge >= 0.3 is 0 Å². The zero-order valence-corrected chi connectivity index (χ0v) is 16.0. The van der Waals surface area contributed by atoms with Crippen LogP contribution in [0, 0.1) is 0 Å². The molecule has 2 aliphatic rings. The first-order valence-corrected chi connectivity index (χ1v) is 10.2. The van der Waals surface area contributed by atoms with E-state index in [4.69, 9.17) is 16.6 Å². The summed E-state index contributed by atoms with van der Waals surface area (Å²) in [6, 6.07) is 11.6. The van der Waals surface area contributed by atoms with Crippen LogP contribution in [0.25, 0.3) is 21.8 Å². The fourth-order valence-electron chi connectivity index (χ4n) is 4.50. The summed E-state index contributed by atoms with van der Waals surface area (Å²) in [4.78, 5) is 22.5. The van der Waals surface area contributed by atoms with Crippen LogP contribution in [0.3, 0.4) is 0 Å². The van der Waals surface area contributed by atoms with Crippen LogP contribution in [-0.2, 0) is 0 Å². The van der Waals surface area contributed by atoms with E-state index >= 15 is 0 Å².